The Morgan fingerprint density at radius 2 is 1.89 bits per heavy atom. The molecule has 0 unspecified atom stereocenters. The van der Waals surface area contributed by atoms with Crippen LogP contribution in [0, 0.1) is 6.92 Å². The summed E-state index contributed by atoms with van der Waals surface area (Å²) in [5, 5.41) is 1.16. The summed E-state index contributed by atoms with van der Waals surface area (Å²) in [6.07, 6.45) is 6.71. The molecule has 0 radical (unpaired) electrons. The normalized spacial score (nSPS) is 16.9. The van der Waals surface area contributed by atoms with E-state index in [2.05, 4.69) is 17.1 Å². The van der Waals surface area contributed by atoms with E-state index in [0.717, 1.165) is 22.3 Å². The van der Waals surface area contributed by atoms with Crippen molar-refractivity contribution in [2.45, 2.75) is 45.1 Å². The Kier molecular flexibility index (Phi) is 3.18. The minimum atomic E-state index is 0.389. The molecule has 2 aromatic rings. The predicted octanol–water partition coefficient (Wildman–Crippen LogP) is 4.25. The van der Waals surface area contributed by atoms with Gasteiger partial charge in [-0.1, -0.05) is 24.6 Å². The number of para-hydroxylation sites is 1. The van der Waals surface area contributed by atoms with Crippen molar-refractivity contribution in [2.75, 3.05) is 0 Å². The van der Waals surface area contributed by atoms with E-state index < -0.39 is 0 Å². The highest BCUT2D eigenvalue weighted by atomic mass is 16.5. The van der Waals surface area contributed by atoms with Crippen LogP contribution in [0.5, 0.6) is 5.75 Å². The average Bonchev–Trinajstić information content (AvgIpc) is 2.41. The molecule has 1 saturated carbocycles. The average molecular weight is 241 g/mol. The Morgan fingerprint density at radius 3 is 2.72 bits per heavy atom. The number of fused-ring (bicyclic) bond motifs is 1. The molecule has 1 aromatic heterocycles. The van der Waals surface area contributed by atoms with Gasteiger partial charge >= 0.3 is 0 Å². The second-order valence-corrected chi connectivity index (χ2v) is 5.14. The first kappa shape index (κ1) is 11.5. The van der Waals surface area contributed by atoms with Crippen LogP contribution < -0.4 is 4.74 Å². The fourth-order valence-electron chi connectivity index (χ4n) is 2.67. The quantitative estimate of drug-likeness (QED) is 0.784. The number of ether oxygens (including phenoxy) is 1. The van der Waals surface area contributed by atoms with Gasteiger partial charge in [0.1, 0.15) is 5.75 Å². The van der Waals surface area contributed by atoms with E-state index in [9.17, 15) is 0 Å². The highest BCUT2D eigenvalue weighted by molar-refractivity contribution is 5.80. The van der Waals surface area contributed by atoms with Crippen LogP contribution in [-0.4, -0.2) is 11.1 Å². The molecular weight excluding hydrogens is 222 g/mol. The van der Waals surface area contributed by atoms with E-state index in [1.165, 1.54) is 32.1 Å². The van der Waals surface area contributed by atoms with E-state index in [1.54, 1.807) is 0 Å². The summed E-state index contributed by atoms with van der Waals surface area (Å²) >= 11 is 0. The third-order valence-corrected chi connectivity index (χ3v) is 3.71. The van der Waals surface area contributed by atoms with Gasteiger partial charge in [0, 0.05) is 5.39 Å². The standard InChI is InChI=1S/C16H19NO/c1-12-16(18-14-8-3-2-4-9-14)11-13-7-5-6-10-15(13)17-12/h5-7,10-11,14H,2-4,8-9H2,1H3. The van der Waals surface area contributed by atoms with Crippen molar-refractivity contribution in [1.29, 1.82) is 0 Å². The summed E-state index contributed by atoms with van der Waals surface area (Å²) < 4.78 is 6.13. The number of hydrogen-bond donors (Lipinski definition) is 0. The summed E-state index contributed by atoms with van der Waals surface area (Å²) in [5.74, 6) is 0.959. The molecule has 1 heterocycles. The van der Waals surface area contributed by atoms with Crippen LogP contribution in [0.1, 0.15) is 37.8 Å². The number of aryl methyl sites for hydroxylation is 1. The summed E-state index contributed by atoms with van der Waals surface area (Å²) in [7, 11) is 0. The van der Waals surface area contributed by atoms with Crippen molar-refractivity contribution >= 4 is 10.9 Å². The molecule has 18 heavy (non-hydrogen) atoms. The largest absolute Gasteiger partial charge is 0.489 e. The first-order valence-electron chi connectivity index (χ1n) is 6.86. The van der Waals surface area contributed by atoms with Gasteiger partial charge in [0.2, 0.25) is 0 Å². The Hall–Kier alpha value is -1.57. The molecule has 2 nitrogen and oxygen atoms in total. The maximum absolute atomic E-state index is 6.13. The SMILES string of the molecule is Cc1nc2ccccc2cc1OC1CCCCC1. The van der Waals surface area contributed by atoms with Crippen molar-refractivity contribution in [2.24, 2.45) is 0 Å². The molecule has 1 aliphatic rings. The molecule has 2 heteroatoms. The Labute approximate surface area is 108 Å². The maximum atomic E-state index is 6.13. The molecular formula is C16H19NO. The van der Waals surface area contributed by atoms with Crippen LogP contribution in [0.15, 0.2) is 30.3 Å². The number of nitrogens with zero attached hydrogens (tertiary/aromatic N) is 1. The maximum Gasteiger partial charge on any atom is 0.141 e. The summed E-state index contributed by atoms with van der Waals surface area (Å²) in [5.41, 5.74) is 2.05. The third kappa shape index (κ3) is 2.33. The molecule has 3 rings (SSSR count). The second kappa shape index (κ2) is 4.97. The van der Waals surface area contributed by atoms with Crippen molar-refractivity contribution in [3.8, 4) is 5.75 Å². The van der Waals surface area contributed by atoms with Gasteiger partial charge in [-0.3, -0.25) is 0 Å². The summed E-state index contributed by atoms with van der Waals surface area (Å²) in [6.45, 7) is 2.03. The molecule has 94 valence electrons. The van der Waals surface area contributed by atoms with Crippen LogP contribution in [0.25, 0.3) is 10.9 Å². The van der Waals surface area contributed by atoms with Gasteiger partial charge in [-0.25, -0.2) is 4.98 Å². The third-order valence-electron chi connectivity index (χ3n) is 3.71. The molecule has 0 bridgehead atoms. The topological polar surface area (TPSA) is 22.1 Å². The van der Waals surface area contributed by atoms with E-state index in [1.807, 2.05) is 25.1 Å². The molecule has 0 N–H and O–H groups in total. The van der Waals surface area contributed by atoms with E-state index in [-0.39, 0.29) is 0 Å². The number of benzene rings is 1. The molecule has 1 fully saturated rings. The van der Waals surface area contributed by atoms with Crippen molar-refractivity contribution in [3.63, 3.8) is 0 Å². The molecule has 1 aromatic carbocycles. The molecule has 1 aliphatic carbocycles. The number of rotatable bonds is 2. The minimum Gasteiger partial charge on any atom is -0.489 e. The highest BCUT2D eigenvalue weighted by Crippen LogP contribution is 2.27. The highest BCUT2D eigenvalue weighted by Gasteiger charge is 2.16. The Morgan fingerprint density at radius 1 is 1.11 bits per heavy atom. The minimum absolute atomic E-state index is 0.389. The second-order valence-electron chi connectivity index (χ2n) is 5.14. The van der Waals surface area contributed by atoms with Crippen LogP contribution in [0.4, 0.5) is 0 Å². The van der Waals surface area contributed by atoms with Gasteiger partial charge < -0.3 is 4.74 Å². The molecule has 0 aliphatic heterocycles. The lowest BCUT2D eigenvalue weighted by atomic mass is 9.98. The molecule has 0 atom stereocenters. The van der Waals surface area contributed by atoms with E-state index >= 15 is 0 Å². The molecule has 0 amide bonds. The molecule has 0 saturated heterocycles. The zero-order chi connectivity index (χ0) is 12.4. The predicted molar refractivity (Wildman–Crippen MR) is 74.0 cm³/mol. The lowest BCUT2D eigenvalue weighted by molar-refractivity contribution is 0.153. The smallest absolute Gasteiger partial charge is 0.141 e. The first-order chi connectivity index (χ1) is 8.83. The number of hydrogen-bond acceptors (Lipinski definition) is 2. The van der Waals surface area contributed by atoms with Crippen LogP contribution >= 0.6 is 0 Å². The zero-order valence-corrected chi connectivity index (χ0v) is 10.9. The number of pyridine rings is 1. The van der Waals surface area contributed by atoms with Gasteiger partial charge in [-0.2, -0.15) is 0 Å². The van der Waals surface area contributed by atoms with Crippen molar-refractivity contribution < 1.29 is 4.74 Å². The van der Waals surface area contributed by atoms with E-state index in [0.29, 0.717) is 6.10 Å². The number of aromatic nitrogens is 1. The Bertz CT molecular complexity index is 544. The fourth-order valence-corrected chi connectivity index (χ4v) is 2.67. The molecule has 0 spiro atoms. The van der Waals surface area contributed by atoms with Gasteiger partial charge in [0.15, 0.2) is 0 Å². The fraction of sp³-hybridized carbons (Fsp3) is 0.438. The lowest BCUT2D eigenvalue weighted by Crippen LogP contribution is -2.20. The van der Waals surface area contributed by atoms with Gasteiger partial charge in [0.05, 0.1) is 17.3 Å². The lowest BCUT2D eigenvalue weighted by Gasteiger charge is -2.23. The summed E-state index contributed by atoms with van der Waals surface area (Å²) in [6, 6.07) is 10.3. The van der Waals surface area contributed by atoms with Gasteiger partial charge in [0.25, 0.3) is 0 Å². The summed E-state index contributed by atoms with van der Waals surface area (Å²) in [4.78, 5) is 4.62. The van der Waals surface area contributed by atoms with Crippen molar-refractivity contribution in [3.05, 3.63) is 36.0 Å². The zero-order valence-electron chi connectivity index (χ0n) is 10.9. The Balaban J connectivity index is 1.88. The van der Waals surface area contributed by atoms with Crippen LogP contribution in [0.2, 0.25) is 0 Å². The first-order valence-corrected chi connectivity index (χ1v) is 6.86. The van der Waals surface area contributed by atoms with Crippen LogP contribution in [0.3, 0.4) is 0 Å². The van der Waals surface area contributed by atoms with Gasteiger partial charge in [-0.05, 0) is 44.7 Å². The van der Waals surface area contributed by atoms with Crippen LogP contribution in [-0.2, 0) is 0 Å². The van der Waals surface area contributed by atoms with Gasteiger partial charge in [-0.15, -0.1) is 0 Å². The van der Waals surface area contributed by atoms with E-state index in [4.69, 9.17) is 4.74 Å². The monoisotopic (exact) mass is 241 g/mol. The van der Waals surface area contributed by atoms with Crippen molar-refractivity contribution in [1.82, 2.24) is 4.98 Å².